The molecule has 0 unspecified atom stereocenters. The molecule has 0 bridgehead atoms. The minimum absolute atomic E-state index is 0.214. The number of azo groups is 1. The molecule has 0 aliphatic heterocycles. The Morgan fingerprint density at radius 1 is 0.565 bits per heavy atom. The lowest BCUT2D eigenvalue weighted by Gasteiger charge is -1.95. The Morgan fingerprint density at radius 3 is 1.43 bits per heavy atom. The molecule has 0 fully saturated rings. The molecule has 0 aliphatic carbocycles. The van der Waals surface area contributed by atoms with Gasteiger partial charge in [0, 0.05) is 5.69 Å². The number of nitrogens with two attached hydrogens (primary N) is 1. The summed E-state index contributed by atoms with van der Waals surface area (Å²) in [5.41, 5.74) is 7.68. The number of hydrogen-bond donors (Lipinski definition) is 3. The molecule has 0 spiro atoms. The SMILES string of the molecule is Nc1ccc(/N=N/c2ccc(O)cc2)cc1.Oc1ccccc1. The van der Waals surface area contributed by atoms with Crippen LogP contribution in [0.2, 0.25) is 0 Å². The Hall–Kier alpha value is -3.34. The largest absolute Gasteiger partial charge is 0.508 e. The van der Waals surface area contributed by atoms with E-state index in [1.807, 2.05) is 6.07 Å². The maximum Gasteiger partial charge on any atom is 0.115 e. The molecule has 0 saturated carbocycles. The van der Waals surface area contributed by atoms with Gasteiger partial charge in [-0.15, -0.1) is 0 Å². The molecule has 3 rings (SSSR count). The third-order valence-corrected chi connectivity index (χ3v) is 2.78. The molecule has 0 heterocycles. The molecule has 0 aromatic heterocycles. The fourth-order valence-electron chi connectivity index (χ4n) is 1.60. The van der Waals surface area contributed by atoms with Gasteiger partial charge in [-0.25, -0.2) is 0 Å². The number of nitrogens with zero attached hydrogens (tertiary/aromatic N) is 2. The maximum atomic E-state index is 9.09. The first-order valence-corrected chi connectivity index (χ1v) is 6.94. The summed E-state index contributed by atoms with van der Waals surface area (Å²) < 4.78 is 0. The lowest BCUT2D eigenvalue weighted by atomic mass is 10.3. The Kier molecular flexibility index (Phi) is 5.71. The van der Waals surface area contributed by atoms with Gasteiger partial charge in [0.05, 0.1) is 11.4 Å². The van der Waals surface area contributed by atoms with E-state index in [0.717, 1.165) is 5.69 Å². The van der Waals surface area contributed by atoms with Gasteiger partial charge in [0.25, 0.3) is 0 Å². The summed E-state index contributed by atoms with van der Waals surface area (Å²) in [7, 11) is 0. The topological polar surface area (TPSA) is 91.2 Å². The van der Waals surface area contributed by atoms with E-state index in [9.17, 15) is 0 Å². The highest BCUT2D eigenvalue weighted by molar-refractivity contribution is 5.48. The van der Waals surface area contributed by atoms with Crippen LogP contribution in [-0.2, 0) is 0 Å². The van der Waals surface area contributed by atoms with Crippen molar-refractivity contribution < 1.29 is 10.2 Å². The summed E-state index contributed by atoms with van der Waals surface area (Å²) in [5, 5.41) is 25.8. The van der Waals surface area contributed by atoms with Crippen molar-refractivity contribution in [3.8, 4) is 11.5 Å². The zero-order valence-corrected chi connectivity index (χ0v) is 12.4. The van der Waals surface area contributed by atoms with E-state index in [2.05, 4.69) is 10.2 Å². The molecular weight excluding hydrogens is 290 g/mol. The van der Waals surface area contributed by atoms with Gasteiger partial charge in [0.1, 0.15) is 11.5 Å². The molecule has 23 heavy (non-hydrogen) atoms. The molecule has 0 amide bonds. The van der Waals surface area contributed by atoms with E-state index in [1.165, 1.54) is 0 Å². The first-order chi connectivity index (χ1) is 11.1. The quantitative estimate of drug-likeness (QED) is 0.470. The predicted octanol–water partition coefficient (Wildman–Crippen LogP) is 4.78. The van der Waals surface area contributed by atoms with Gasteiger partial charge in [-0.05, 0) is 60.7 Å². The number of aromatic hydroxyl groups is 2. The van der Waals surface area contributed by atoms with E-state index < -0.39 is 0 Å². The lowest BCUT2D eigenvalue weighted by Crippen LogP contribution is -1.80. The minimum atomic E-state index is 0.214. The number of hydrogen-bond acceptors (Lipinski definition) is 5. The number of anilines is 1. The van der Waals surface area contributed by atoms with Crippen molar-refractivity contribution in [3.63, 3.8) is 0 Å². The summed E-state index contributed by atoms with van der Waals surface area (Å²) in [6, 6.07) is 22.3. The average molecular weight is 307 g/mol. The molecule has 0 saturated heterocycles. The average Bonchev–Trinajstić information content (AvgIpc) is 2.57. The minimum Gasteiger partial charge on any atom is -0.508 e. The van der Waals surface area contributed by atoms with E-state index in [0.29, 0.717) is 17.1 Å². The number of phenols is 2. The molecule has 116 valence electrons. The number of phenolic OH excluding ortho intramolecular Hbond substituents is 2. The fraction of sp³-hybridized carbons (Fsp3) is 0. The second-order valence-electron chi connectivity index (χ2n) is 4.64. The molecule has 3 aromatic rings. The third-order valence-electron chi connectivity index (χ3n) is 2.78. The molecule has 3 aromatic carbocycles. The highest BCUT2D eigenvalue weighted by Gasteiger charge is 1.91. The molecule has 4 N–H and O–H groups in total. The Labute approximate surface area is 134 Å². The second kappa shape index (κ2) is 8.19. The van der Waals surface area contributed by atoms with Gasteiger partial charge in [-0.3, -0.25) is 0 Å². The third kappa shape index (κ3) is 5.89. The zero-order valence-electron chi connectivity index (χ0n) is 12.4. The number of rotatable bonds is 2. The standard InChI is InChI=1S/C12H11N3O.C6H6O/c13-9-1-3-10(4-2-9)14-15-11-5-7-12(16)8-6-11;7-6-4-2-1-3-5-6/h1-8,16H,13H2;1-5,7H/b15-14+;. The number of nitrogen functional groups attached to an aromatic ring is 1. The highest BCUT2D eigenvalue weighted by Crippen LogP contribution is 2.20. The summed E-state index contributed by atoms with van der Waals surface area (Å²) >= 11 is 0. The predicted molar refractivity (Wildman–Crippen MR) is 91.2 cm³/mol. The lowest BCUT2D eigenvalue weighted by molar-refractivity contribution is 0.475. The Morgan fingerprint density at radius 2 is 1.00 bits per heavy atom. The van der Waals surface area contributed by atoms with Crippen molar-refractivity contribution >= 4 is 17.1 Å². The van der Waals surface area contributed by atoms with Crippen LogP contribution >= 0.6 is 0 Å². The van der Waals surface area contributed by atoms with E-state index in [1.54, 1.807) is 72.8 Å². The molecule has 0 aliphatic rings. The van der Waals surface area contributed by atoms with E-state index >= 15 is 0 Å². The smallest absolute Gasteiger partial charge is 0.115 e. The zero-order chi connectivity index (χ0) is 16.5. The van der Waals surface area contributed by atoms with Crippen LogP contribution in [-0.4, -0.2) is 10.2 Å². The molecule has 5 nitrogen and oxygen atoms in total. The van der Waals surface area contributed by atoms with Crippen molar-refractivity contribution in [2.24, 2.45) is 10.2 Å². The van der Waals surface area contributed by atoms with E-state index in [-0.39, 0.29) is 5.75 Å². The van der Waals surface area contributed by atoms with Gasteiger partial charge >= 0.3 is 0 Å². The maximum absolute atomic E-state index is 9.09. The van der Waals surface area contributed by atoms with Gasteiger partial charge in [-0.2, -0.15) is 10.2 Å². The van der Waals surface area contributed by atoms with Crippen LogP contribution in [0.15, 0.2) is 89.1 Å². The van der Waals surface area contributed by atoms with Crippen LogP contribution in [0.3, 0.4) is 0 Å². The first kappa shape index (κ1) is 16.0. The van der Waals surface area contributed by atoms with Crippen LogP contribution in [0.25, 0.3) is 0 Å². The normalized spacial score (nSPS) is 10.1. The summed E-state index contributed by atoms with van der Waals surface area (Å²) in [4.78, 5) is 0. The van der Waals surface area contributed by atoms with Crippen molar-refractivity contribution in [3.05, 3.63) is 78.9 Å². The molecule has 0 atom stereocenters. The van der Waals surface area contributed by atoms with Crippen LogP contribution < -0.4 is 5.73 Å². The van der Waals surface area contributed by atoms with Crippen molar-refractivity contribution in [2.45, 2.75) is 0 Å². The highest BCUT2D eigenvalue weighted by atomic mass is 16.3. The van der Waals surface area contributed by atoms with E-state index in [4.69, 9.17) is 15.9 Å². The summed E-state index contributed by atoms with van der Waals surface area (Å²) in [6.07, 6.45) is 0. The monoisotopic (exact) mass is 307 g/mol. The number of para-hydroxylation sites is 1. The van der Waals surface area contributed by atoms with Crippen LogP contribution in [0.5, 0.6) is 11.5 Å². The van der Waals surface area contributed by atoms with Gasteiger partial charge < -0.3 is 15.9 Å². The Balaban J connectivity index is 0.000000229. The van der Waals surface area contributed by atoms with Gasteiger partial charge in [0.2, 0.25) is 0 Å². The van der Waals surface area contributed by atoms with Crippen molar-refractivity contribution in [1.29, 1.82) is 0 Å². The summed E-state index contributed by atoms with van der Waals surface area (Å²) in [6.45, 7) is 0. The molecule has 0 radical (unpaired) electrons. The fourth-order valence-corrected chi connectivity index (χ4v) is 1.60. The van der Waals surface area contributed by atoms with Crippen LogP contribution in [0.1, 0.15) is 0 Å². The van der Waals surface area contributed by atoms with Crippen molar-refractivity contribution in [1.82, 2.24) is 0 Å². The first-order valence-electron chi connectivity index (χ1n) is 6.94. The molecule has 5 heteroatoms. The van der Waals surface area contributed by atoms with Crippen LogP contribution in [0, 0.1) is 0 Å². The van der Waals surface area contributed by atoms with Crippen molar-refractivity contribution in [2.75, 3.05) is 5.73 Å². The van der Waals surface area contributed by atoms with Crippen LogP contribution in [0.4, 0.5) is 17.1 Å². The summed E-state index contributed by atoms with van der Waals surface area (Å²) in [5.74, 6) is 0.536. The Bertz CT molecular complexity index is 692. The number of benzene rings is 3. The molecular formula is C18H17N3O2. The van der Waals surface area contributed by atoms with Gasteiger partial charge in [0.15, 0.2) is 0 Å². The van der Waals surface area contributed by atoms with Gasteiger partial charge in [-0.1, -0.05) is 18.2 Å². The second-order valence-corrected chi connectivity index (χ2v) is 4.64.